The number of hydrogen-bond acceptors (Lipinski definition) is 5. The summed E-state index contributed by atoms with van der Waals surface area (Å²) >= 11 is 1.64. The van der Waals surface area contributed by atoms with Crippen LogP contribution < -0.4 is 5.32 Å². The highest BCUT2D eigenvalue weighted by atomic mass is 32.1. The standard InChI is InChI=1S/C15H16N2O2S/c18-4-3-16-8-11-1-2-12-6-13(19-15(12)5-11)7-14-9-17-10-20-14/h1-2,5-6,9-10,16,18H,3-4,7-8H2. The van der Waals surface area contributed by atoms with Crippen molar-refractivity contribution in [3.63, 3.8) is 0 Å². The Balaban J connectivity index is 1.76. The van der Waals surface area contributed by atoms with E-state index in [1.165, 1.54) is 4.88 Å². The maximum Gasteiger partial charge on any atom is 0.134 e. The van der Waals surface area contributed by atoms with Crippen molar-refractivity contribution in [3.05, 3.63) is 52.2 Å². The average molecular weight is 288 g/mol. The van der Waals surface area contributed by atoms with Crippen molar-refractivity contribution in [2.75, 3.05) is 13.2 Å². The number of aliphatic hydroxyl groups excluding tert-OH is 1. The molecule has 0 fully saturated rings. The lowest BCUT2D eigenvalue weighted by Crippen LogP contribution is -2.17. The largest absolute Gasteiger partial charge is 0.461 e. The van der Waals surface area contributed by atoms with Gasteiger partial charge in [0.1, 0.15) is 11.3 Å². The first-order valence-electron chi connectivity index (χ1n) is 6.55. The molecule has 104 valence electrons. The van der Waals surface area contributed by atoms with Gasteiger partial charge in [0.25, 0.3) is 0 Å². The number of hydrogen-bond donors (Lipinski definition) is 2. The number of aromatic nitrogens is 1. The van der Waals surface area contributed by atoms with E-state index in [0.717, 1.165) is 35.3 Å². The maximum atomic E-state index is 8.76. The molecule has 1 aromatic carbocycles. The molecule has 0 spiro atoms. The summed E-state index contributed by atoms with van der Waals surface area (Å²) in [6, 6.07) is 8.29. The van der Waals surface area contributed by atoms with E-state index in [4.69, 9.17) is 9.52 Å². The summed E-state index contributed by atoms with van der Waals surface area (Å²) in [5, 5.41) is 13.0. The van der Waals surface area contributed by atoms with Crippen LogP contribution in [0.1, 0.15) is 16.2 Å². The minimum Gasteiger partial charge on any atom is -0.461 e. The van der Waals surface area contributed by atoms with Crippen LogP contribution in [0.5, 0.6) is 0 Å². The minimum absolute atomic E-state index is 0.155. The van der Waals surface area contributed by atoms with Crippen molar-refractivity contribution in [2.24, 2.45) is 0 Å². The van der Waals surface area contributed by atoms with Gasteiger partial charge >= 0.3 is 0 Å². The summed E-state index contributed by atoms with van der Waals surface area (Å²) in [5.41, 5.74) is 3.90. The molecule has 0 radical (unpaired) electrons. The number of rotatable bonds is 6. The van der Waals surface area contributed by atoms with Gasteiger partial charge in [-0.25, -0.2) is 0 Å². The van der Waals surface area contributed by atoms with Gasteiger partial charge in [0.15, 0.2) is 0 Å². The Kier molecular flexibility index (Phi) is 4.11. The third-order valence-electron chi connectivity index (χ3n) is 3.09. The fourth-order valence-electron chi connectivity index (χ4n) is 2.14. The van der Waals surface area contributed by atoms with Gasteiger partial charge in [0.05, 0.1) is 12.1 Å². The summed E-state index contributed by atoms with van der Waals surface area (Å²) in [6.45, 7) is 1.50. The Labute approximate surface area is 121 Å². The monoisotopic (exact) mass is 288 g/mol. The molecule has 20 heavy (non-hydrogen) atoms. The highest BCUT2D eigenvalue weighted by Gasteiger charge is 2.06. The minimum atomic E-state index is 0.155. The molecule has 3 rings (SSSR count). The Morgan fingerprint density at radius 2 is 2.25 bits per heavy atom. The summed E-state index contributed by atoms with van der Waals surface area (Å²) in [6.07, 6.45) is 2.67. The van der Waals surface area contributed by atoms with Gasteiger partial charge in [-0.2, -0.15) is 0 Å². The van der Waals surface area contributed by atoms with Crippen LogP contribution >= 0.6 is 11.3 Å². The molecule has 0 amide bonds. The zero-order chi connectivity index (χ0) is 13.8. The summed E-state index contributed by atoms with van der Waals surface area (Å²) in [5.74, 6) is 0.963. The van der Waals surface area contributed by atoms with Gasteiger partial charge < -0.3 is 14.8 Å². The van der Waals surface area contributed by atoms with E-state index in [-0.39, 0.29) is 6.61 Å². The molecule has 2 N–H and O–H groups in total. The number of fused-ring (bicyclic) bond motifs is 1. The molecule has 0 saturated carbocycles. The van der Waals surface area contributed by atoms with E-state index in [0.29, 0.717) is 6.54 Å². The van der Waals surface area contributed by atoms with Gasteiger partial charge in [-0.1, -0.05) is 12.1 Å². The maximum absolute atomic E-state index is 8.76. The topological polar surface area (TPSA) is 58.3 Å². The molecular formula is C15H16N2O2S. The zero-order valence-corrected chi connectivity index (χ0v) is 11.8. The van der Waals surface area contributed by atoms with Crippen LogP contribution in [0.3, 0.4) is 0 Å². The normalized spacial score (nSPS) is 11.2. The van der Waals surface area contributed by atoms with Crippen molar-refractivity contribution in [1.82, 2.24) is 10.3 Å². The lowest BCUT2D eigenvalue weighted by atomic mass is 10.1. The molecule has 3 aromatic rings. The second-order valence-corrected chi connectivity index (χ2v) is 5.60. The molecule has 2 heterocycles. The quantitative estimate of drug-likeness (QED) is 0.684. The molecule has 0 atom stereocenters. The fraction of sp³-hybridized carbons (Fsp3) is 0.267. The first-order valence-corrected chi connectivity index (χ1v) is 7.43. The van der Waals surface area contributed by atoms with E-state index in [9.17, 15) is 0 Å². The van der Waals surface area contributed by atoms with Crippen molar-refractivity contribution in [1.29, 1.82) is 0 Å². The molecule has 0 unspecified atom stereocenters. The lowest BCUT2D eigenvalue weighted by Gasteiger charge is -2.02. The smallest absolute Gasteiger partial charge is 0.134 e. The fourth-order valence-corrected chi connectivity index (χ4v) is 2.74. The lowest BCUT2D eigenvalue weighted by molar-refractivity contribution is 0.292. The highest BCUT2D eigenvalue weighted by Crippen LogP contribution is 2.23. The number of nitrogens with one attached hydrogen (secondary N) is 1. The van der Waals surface area contributed by atoms with E-state index in [1.54, 1.807) is 11.3 Å². The second kappa shape index (κ2) is 6.17. The predicted molar refractivity (Wildman–Crippen MR) is 79.9 cm³/mol. The van der Waals surface area contributed by atoms with Crippen molar-refractivity contribution >= 4 is 22.3 Å². The molecular weight excluding hydrogens is 272 g/mol. The van der Waals surface area contributed by atoms with Crippen LogP contribution in [-0.2, 0) is 13.0 Å². The molecule has 0 aliphatic carbocycles. The molecule has 0 aliphatic rings. The third-order valence-corrected chi connectivity index (χ3v) is 3.86. The molecule has 2 aromatic heterocycles. The van der Waals surface area contributed by atoms with Crippen molar-refractivity contribution < 1.29 is 9.52 Å². The van der Waals surface area contributed by atoms with Crippen LogP contribution in [-0.4, -0.2) is 23.2 Å². The summed E-state index contributed by atoms with van der Waals surface area (Å²) < 4.78 is 5.89. The number of nitrogens with zero attached hydrogens (tertiary/aromatic N) is 1. The summed E-state index contributed by atoms with van der Waals surface area (Å²) in [7, 11) is 0. The molecule has 5 heteroatoms. The predicted octanol–water partition coefficient (Wildman–Crippen LogP) is 2.56. The molecule has 0 aliphatic heterocycles. The Bertz CT molecular complexity index is 676. The van der Waals surface area contributed by atoms with Crippen LogP contribution in [0.25, 0.3) is 11.0 Å². The number of furan rings is 1. The first kappa shape index (κ1) is 13.3. The Morgan fingerprint density at radius 1 is 1.30 bits per heavy atom. The Hall–Kier alpha value is -1.69. The van der Waals surface area contributed by atoms with Crippen LogP contribution in [0, 0.1) is 0 Å². The zero-order valence-electron chi connectivity index (χ0n) is 11.0. The van der Waals surface area contributed by atoms with Gasteiger partial charge in [-0.3, -0.25) is 4.98 Å². The average Bonchev–Trinajstić information content (AvgIpc) is 3.08. The number of benzene rings is 1. The van der Waals surface area contributed by atoms with Gasteiger partial charge in [-0.05, 0) is 17.7 Å². The van der Waals surface area contributed by atoms with Gasteiger partial charge in [0, 0.05) is 36.0 Å². The van der Waals surface area contributed by atoms with Crippen molar-refractivity contribution in [2.45, 2.75) is 13.0 Å². The van der Waals surface area contributed by atoms with Gasteiger partial charge in [0.2, 0.25) is 0 Å². The molecule has 0 saturated heterocycles. The second-order valence-electron chi connectivity index (χ2n) is 4.63. The third kappa shape index (κ3) is 3.07. The van der Waals surface area contributed by atoms with E-state index < -0.39 is 0 Å². The van der Waals surface area contributed by atoms with Crippen LogP contribution in [0.15, 0.2) is 40.4 Å². The SMILES string of the molecule is OCCNCc1ccc2cc(Cc3cncs3)oc2c1. The van der Waals surface area contributed by atoms with Crippen LogP contribution in [0.4, 0.5) is 0 Å². The molecule has 0 bridgehead atoms. The first-order chi connectivity index (χ1) is 9.85. The van der Waals surface area contributed by atoms with E-state index in [2.05, 4.69) is 34.6 Å². The van der Waals surface area contributed by atoms with E-state index >= 15 is 0 Å². The highest BCUT2D eigenvalue weighted by molar-refractivity contribution is 7.09. The number of thiazole rings is 1. The van der Waals surface area contributed by atoms with Gasteiger partial charge in [-0.15, -0.1) is 11.3 Å². The van der Waals surface area contributed by atoms with E-state index in [1.807, 2.05) is 11.7 Å². The molecule has 4 nitrogen and oxygen atoms in total. The number of aliphatic hydroxyl groups is 1. The van der Waals surface area contributed by atoms with Crippen LogP contribution in [0.2, 0.25) is 0 Å². The Morgan fingerprint density at radius 3 is 3.05 bits per heavy atom. The summed E-state index contributed by atoms with van der Waals surface area (Å²) in [4.78, 5) is 5.28. The van der Waals surface area contributed by atoms with Crippen molar-refractivity contribution in [3.8, 4) is 0 Å².